The SMILES string of the molecule is COc1ccc(-n2nc(C(=O)O)c3c2[C@@H]2C[C@@H]2C3)cc1. The van der Waals surface area contributed by atoms with E-state index < -0.39 is 5.97 Å². The van der Waals surface area contributed by atoms with Crippen LogP contribution in [0.3, 0.4) is 0 Å². The van der Waals surface area contributed by atoms with Gasteiger partial charge in [0.1, 0.15) is 5.75 Å². The minimum absolute atomic E-state index is 0.211. The van der Waals surface area contributed by atoms with Crippen LogP contribution < -0.4 is 4.74 Å². The van der Waals surface area contributed by atoms with Crippen LogP contribution in [-0.2, 0) is 6.42 Å². The first-order valence-corrected chi connectivity index (χ1v) is 6.68. The molecule has 4 rings (SSSR count). The number of aromatic nitrogens is 2. The number of methoxy groups -OCH3 is 1. The third-order valence-corrected chi connectivity index (χ3v) is 4.28. The molecule has 1 aromatic carbocycles. The molecular weight excluding hydrogens is 256 g/mol. The van der Waals surface area contributed by atoms with E-state index in [-0.39, 0.29) is 5.69 Å². The number of ether oxygens (including phenoxy) is 1. The number of carboxylic acids is 1. The van der Waals surface area contributed by atoms with E-state index in [1.807, 2.05) is 24.3 Å². The maximum atomic E-state index is 11.3. The lowest BCUT2D eigenvalue weighted by Crippen LogP contribution is -2.04. The Morgan fingerprint density at radius 3 is 2.80 bits per heavy atom. The molecule has 0 amide bonds. The van der Waals surface area contributed by atoms with E-state index in [4.69, 9.17) is 4.74 Å². The van der Waals surface area contributed by atoms with Crippen LogP contribution in [0.15, 0.2) is 24.3 Å². The van der Waals surface area contributed by atoms with Gasteiger partial charge in [-0.25, -0.2) is 9.48 Å². The van der Waals surface area contributed by atoms with Crippen LogP contribution in [0.2, 0.25) is 0 Å². The van der Waals surface area contributed by atoms with E-state index in [0.717, 1.165) is 35.5 Å². The van der Waals surface area contributed by atoms with E-state index in [0.29, 0.717) is 11.8 Å². The van der Waals surface area contributed by atoms with Crippen molar-refractivity contribution in [1.82, 2.24) is 9.78 Å². The van der Waals surface area contributed by atoms with E-state index in [1.165, 1.54) is 0 Å². The zero-order chi connectivity index (χ0) is 13.9. The summed E-state index contributed by atoms with van der Waals surface area (Å²) in [7, 11) is 1.62. The number of nitrogens with zero attached hydrogens (tertiary/aromatic N) is 2. The molecule has 1 heterocycles. The van der Waals surface area contributed by atoms with Crippen LogP contribution in [0.5, 0.6) is 5.75 Å². The number of hydrogen-bond acceptors (Lipinski definition) is 3. The maximum Gasteiger partial charge on any atom is 0.356 e. The zero-order valence-corrected chi connectivity index (χ0v) is 11.0. The third-order valence-electron chi connectivity index (χ3n) is 4.28. The molecule has 1 aromatic heterocycles. The first-order valence-electron chi connectivity index (χ1n) is 6.68. The lowest BCUT2D eigenvalue weighted by molar-refractivity contribution is 0.0688. The van der Waals surface area contributed by atoms with E-state index >= 15 is 0 Å². The van der Waals surface area contributed by atoms with Crippen LogP contribution in [0, 0.1) is 5.92 Å². The standard InChI is InChI=1S/C15H14N2O3/c1-20-10-4-2-9(3-5-10)17-14-11-6-8(11)7-12(14)13(16-17)15(18)19/h2-5,8,11H,6-7H2,1H3,(H,18,19)/t8-,11-/m1/s1. The molecule has 0 saturated heterocycles. The number of benzene rings is 1. The molecule has 5 nitrogen and oxygen atoms in total. The minimum atomic E-state index is -0.935. The molecule has 0 radical (unpaired) electrons. The molecule has 20 heavy (non-hydrogen) atoms. The number of hydrogen-bond donors (Lipinski definition) is 1. The molecule has 5 heteroatoms. The summed E-state index contributed by atoms with van der Waals surface area (Å²) in [6.07, 6.45) is 2.02. The molecule has 0 unspecified atom stereocenters. The molecule has 2 aliphatic carbocycles. The van der Waals surface area contributed by atoms with Gasteiger partial charge in [-0.3, -0.25) is 0 Å². The average Bonchev–Trinajstić information content (AvgIpc) is 2.95. The summed E-state index contributed by atoms with van der Waals surface area (Å²) in [6, 6.07) is 7.55. The molecule has 2 atom stereocenters. The highest BCUT2D eigenvalue weighted by molar-refractivity contribution is 5.88. The first kappa shape index (κ1) is 11.5. The van der Waals surface area contributed by atoms with Gasteiger partial charge in [-0.1, -0.05) is 0 Å². The second kappa shape index (κ2) is 3.85. The van der Waals surface area contributed by atoms with Crippen molar-refractivity contribution >= 4 is 5.97 Å². The summed E-state index contributed by atoms with van der Waals surface area (Å²) in [6.45, 7) is 0. The van der Waals surface area contributed by atoms with Gasteiger partial charge in [-0.15, -0.1) is 0 Å². The zero-order valence-electron chi connectivity index (χ0n) is 11.0. The molecule has 1 N–H and O–H groups in total. The highest BCUT2D eigenvalue weighted by Crippen LogP contribution is 2.57. The largest absolute Gasteiger partial charge is 0.497 e. The Labute approximate surface area is 115 Å². The Bertz CT molecular complexity index is 703. The van der Waals surface area contributed by atoms with Crippen LogP contribution >= 0.6 is 0 Å². The third kappa shape index (κ3) is 1.49. The Morgan fingerprint density at radius 2 is 2.15 bits per heavy atom. The van der Waals surface area contributed by atoms with Crippen LogP contribution in [0.1, 0.15) is 34.1 Å². The van der Waals surface area contributed by atoms with Crippen molar-refractivity contribution in [3.63, 3.8) is 0 Å². The van der Waals surface area contributed by atoms with Gasteiger partial charge in [0.25, 0.3) is 0 Å². The lowest BCUT2D eigenvalue weighted by atomic mass is 10.1. The molecule has 0 aliphatic heterocycles. The number of aromatic carboxylic acids is 1. The van der Waals surface area contributed by atoms with Crippen molar-refractivity contribution in [2.45, 2.75) is 18.8 Å². The van der Waals surface area contributed by atoms with Gasteiger partial charge < -0.3 is 9.84 Å². The summed E-state index contributed by atoms with van der Waals surface area (Å²) in [5.41, 5.74) is 3.12. The van der Waals surface area contributed by atoms with Crippen molar-refractivity contribution in [2.24, 2.45) is 5.92 Å². The van der Waals surface area contributed by atoms with E-state index in [9.17, 15) is 9.90 Å². The van der Waals surface area contributed by atoms with Crippen LogP contribution in [0.4, 0.5) is 0 Å². The Hall–Kier alpha value is -2.30. The predicted molar refractivity (Wildman–Crippen MR) is 71.6 cm³/mol. The van der Waals surface area contributed by atoms with Gasteiger partial charge in [0, 0.05) is 11.5 Å². The number of fused-ring (bicyclic) bond motifs is 3. The lowest BCUT2D eigenvalue weighted by Gasteiger charge is -2.07. The van der Waals surface area contributed by atoms with E-state index in [1.54, 1.807) is 11.8 Å². The quantitative estimate of drug-likeness (QED) is 0.929. The second-order valence-electron chi connectivity index (χ2n) is 5.43. The second-order valence-corrected chi connectivity index (χ2v) is 5.43. The monoisotopic (exact) mass is 270 g/mol. The van der Waals surface area contributed by atoms with Gasteiger partial charge in [0.05, 0.1) is 18.5 Å². The molecule has 1 saturated carbocycles. The molecule has 2 aromatic rings. The Balaban J connectivity index is 1.85. The fraction of sp³-hybridized carbons (Fsp3) is 0.333. The summed E-state index contributed by atoms with van der Waals surface area (Å²) in [5, 5.41) is 13.6. The number of carboxylic acid groups (broad SMARTS) is 1. The summed E-state index contributed by atoms with van der Waals surface area (Å²) in [5.74, 6) is 0.966. The van der Waals surface area contributed by atoms with E-state index in [2.05, 4.69) is 5.10 Å². The van der Waals surface area contributed by atoms with Gasteiger partial charge in [0.2, 0.25) is 0 Å². The highest BCUT2D eigenvalue weighted by Gasteiger charge is 2.50. The van der Waals surface area contributed by atoms with Gasteiger partial charge in [-0.2, -0.15) is 5.10 Å². The Kier molecular flexibility index (Phi) is 2.22. The minimum Gasteiger partial charge on any atom is -0.497 e. The molecule has 102 valence electrons. The topological polar surface area (TPSA) is 64.4 Å². The van der Waals surface area contributed by atoms with Crippen molar-refractivity contribution in [3.05, 3.63) is 41.2 Å². The van der Waals surface area contributed by atoms with Crippen molar-refractivity contribution < 1.29 is 14.6 Å². The molecule has 2 aliphatic rings. The summed E-state index contributed by atoms with van der Waals surface area (Å²) >= 11 is 0. The molecule has 0 spiro atoms. The van der Waals surface area contributed by atoms with Crippen LogP contribution in [-0.4, -0.2) is 28.0 Å². The van der Waals surface area contributed by atoms with Gasteiger partial charge in [-0.05, 0) is 43.0 Å². The average molecular weight is 270 g/mol. The molecule has 0 bridgehead atoms. The van der Waals surface area contributed by atoms with Crippen molar-refractivity contribution in [1.29, 1.82) is 0 Å². The smallest absolute Gasteiger partial charge is 0.356 e. The number of carbonyl (C=O) groups is 1. The fourth-order valence-electron chi connectivity index (χ4n) is 3.21. The summed E-state index contributed by atoms with van der Waals surface area (Å²) < 4.78 is 6.95. The molecular formula is C15H14N2O3. The van der Waals surface area contributed by atoms with Crippen molar-refractivity contribution in [2.75, 3.05) is 7.11 Å². The van der Waals surface area contributed by atoms with Crippen LogP contribution in [0.25, 0.3) is 5.69 Å². The molecule has 1 fully saturated rings. The van der Waals surface area contributed by atoms with Crippen molar-refractivity contribution in [3.8, 4) is 11.4 Å². The summed E-state index contributed by atoms with van der Waals surface area (Å²) in [4.78, 5) is 11.3. The number of rotatable bonds is 3. The Morgan fingerprint density at radius 1 is 1.40 bits per heavy atom. The fourth-order valence-corrected chi connectivity index (χ4v) is 3.21. The first-order chi connectivity index (χ1) is 9.69. The highest BCUT2D eigenvalue weighted by atomic mass is 16.5. The normalized spacial score (nSPS) is 22.2. The maximum absolute atomic E-state index is 11.3. The van der Waals surface area contributed by atoms with Gasteiger partial charge >= 0.3 is 5.97 Å². The predicted octanol–water partition coefficient (Wildman–Crippen LogP) is 2.24. The van der Waals surface area contributed by atoms with Gasteiger partial charge in [0.15, 0.2) is 5.69 Å².